The van der Waals surface area contributed by atoms with E-state index in [4.69, 9.17) is 17.0 Å². The molecule has 2 aromatic carbocycles. The molecule has 2 aromatic rings. The number of carbonyl (C=O) groups excluding carboxylic acids is 1. The van der Waals surface area contributed by atoms with Crippen molar-refractivity contribution in [2.45, 2.75) is 0 Å². The number of thiocarbonyl (C=S) groups is 1. The van der Waals surface area contributed by atoms with Gasteiger partial charge in [0.2, 0.25) is 0 Å². The molecule has 3 N–H and O–H groups in total. The third-order valence-corrected chi connectivity index (χ3v) is 3.84. The summed E-state index contributed by atoms with van der Waals surface area (Å²) in [6.07, 6.45) is 0. The van der Waals surface area contributed by atoms with Crippen LogP contribution in [0, 0.1) is 0 Å². The van der Waals surface area contributed by atoms with Crippen molar-refractivity contribution in [1.29, 1.82) is 0 Å². The summed E-state index contributed by atoms with van der Waals surface area (Å²) in [5.74, 6) is 0.571. The molecule has 0 bridgehead atoms. The van der Waals surface area contributed by atoms with Crippen molar-refractivity contribution in [2.75, 3.05) is 44.9 Å². The molecule has 0 heterocycles. The van der Waals surface area contributed by atoms with E-state index in [1.807, 2.05) is 26.2 Å². The first-order valence-corrected chi connectivity index (χ1v) is 8.64. The molecule has 0 saturated heterocycles. The molecule has 0 unspecified atom stereocenters. The van der Waals surface area contributed by atoms with Crippen molar-refractivity contribution in [3.8, 4) is 5.75 Å². The molecule has 2 rings (SSSR count). The number of nitrogens with zero attached hydrogens (tertiary/aromatic N) is 1. The zero-order chi connectivity index (χ0) is 18.9. The number of methoxy groups -OCH3 is 1. The van der Waals surface area contributed by atoms with E-state index < -0.39 is 0 Å². The first kappa shape index (κ1) is 19.7. The molecule has 0 spiro atoms. The van der Waals surface area contributed by atoms with Gasteiger partial charge in [-0.3, -0.25) is 4.79 Å². The van der Waals surface area contributed by atoms with Gasteiger partial charge in [-0.1, -0.05) is 0 Å². The Morgan fingerprint density at radius 2 is 1.58 bits per heavy atom. The number of carbonyl (C=O) groups is 1. The molecule has 1 amide bonds. The Labute approximate surface area is 159 Å². The van der Waals surface area contributed by atoms with Crippen molar-refractivity contribution >= 4 is 34.6 Å². The maximum absolute atomic E-state index is 12.3. The van der Waals surface area contributed by atoms with E-state index in [0.717, 1.165) is 24.5 Å². The molecule has 0 atom stereocenters. The Balaban J connectivity index is 1.87. The topological polar surface area (TPSA) is 65.6 Å². The third kappa shape index (κ3) is 6.34. The minimum atomic E-state index is -0.173. The molecule has 138 valence electrons. The van der Waals surface area contributed by atoms with Gasteiger partial charge in [0.25, 0.3) is 5.91 Å². The third-order valence-electron chi connectivity index (χ3n) is 3.60. The number of anilines is 2. The van der Waals surface area contributed by atoms with Gasteiger partial charge < -0.3 is 25.6 Å². The van der Waals surface area contributed by atoms with E-state index in [9.17, 15) is 4.79 Å². The maximum Gasteiger partial charge on any atom is 0.255 e. The number of ether oxygens (including phenoxy) is 1. The second kappa shape index (κ2) is 9.74. The SMILES string of the molecule is COc1ccc(NC(=O)c2ccc(NC(=S)NCCN(C)C)cc2)cc1. The lowest BCUT2D eigenvalue weighted by Crippen LogP contribution is -2.34. The predicted molar refractivity (Wildman–Crippen MR) is 110 cm³/mol. The number of benzene rings is 2. The summed E-state index contributed by atoms with van der Waals surface area (Å²) in [7, 11) is 5.62. The lowest BCUT2D eigenvalue weighted by Gasteiger charge is -2.13. The fourth-order valence-electron chi connectivity index (χ4n) is 2.15. The molecule has 0 aliphatic rings. The maximum atomic E-state index is 12.3. The van der Waals surface area contributed by atoms with Crippen LogP contribution in [0.3, 0.4) is 0 Å². The lowest BCUT2D eigenvalue weighted by atomic mass is 10.2. The van der Waals surface area contributed by atoms with Crippen LogP contribution in [0.2, 0.25) is 0 Å². The zero-order valence-corrected chi connectivity index (χ0v) is 16.0. The van der Waals surface area contributed by atoms with Gasteiger partial charge in [0.15, 0.2) is 5.11 Å². The predicted octanol–water partition coefficient (Wildman–Crippen LogP) is 2.80. The highest BCUT2D eigenvalue weighted by Gasteiger charge is 2.07. The number of hydrogen-bond donors (Lipinski definition) is 3. The van der Waals surface area contributed by atoms with Gasteiger partial charge in [0.1, 0.15) is 5.75 Å². The summed E-state index contributed by atoms with van der Waals surface area (Å²) in [4.78, 5) is 14.4. The van der Waals surface area contributed by atoms with Crippen LogP contribution in [0.4, 0.5) is 11.4 Å². The smallest absolute Gasteiger partial charge is 0.255 e. The van der Waals surface area contributed by atoms with E-state index in [-0.39, 0.29) is 5.91 Å². The number of likely N-dealkylation sites (N-methyl/N-ethyl adjacent to an activating group) is 1. The molecule has 0 aliphatic heterocycles. The van der Waals surface area contributed by atoms with Gasteiger partial charge in [-0.05, 0) is 74.8 Å². The van der Waals surface area contributed by atoms with Crippen LogP contribution in [-0.4, -0.2) is 50.2 Å². The van der Waals surface area contributed by atoms with Crippen molar-refractivity contribution in [3.63, 3.8) is 0 Å². The van der Waals surface area contributed by atoms with E-state index in [1.54, 1.807) is 43.5 Å². The Bertz CT molecular complexity index is 730. The standard InChI is InChI=1S/C19H24N4O2S/c1-23(2)13-12-20-19(26)22-16-6-4-14(5-7-16)18(24)21-15-8-10-17(25-3)11-9-15/h4-11H,12-13H2,1-3H3,(H,21,24)(H2,20,22,26). The Hall–Kier alpha value is -2.64. The van der Waals surface area contributed by atoms with Crippen LogP contribution < -0.4 is 20.7 Å². The van der Waals surface area contributed by atoms with Crippen molar-refractivity contribution < 1.29 is 9.53 Å². The monoisotopic (exact) mass is 372 g/mol. The summed E-state index contributed by atoms with van der Waals surface area (Å²) < 4.78 is 5.10. The highest BCUT2D eigenvalue weighted by molar-refractivity contribution is 7.80. The first-order chi connectivity index (χ1) is 12.5. The fraction of sp³-hybridized carbons (Fsp3) is 0.263. The first-order valence-electron chi connectivity index (χ1n) is 8.23. The lowest BCUT2D eigenvalue weighted by molar-refractivity contribution is 0.102. The van der Waals surface area contributed by atoms with Crippen molar-refractivity contribution in [3.05, 3.63) is 54.1 Å². The van der Waals surface area contributed by atoms with Gasteiger partial charge in [-0.2, -0.15) is 0 Å². The molecule has 0 saturated carbocycles. The molecule has 0 radical (unpaired) electrons. The molecule has 26 heavy (non-hydrogen) atoms. The van der Waals surface area contributed by atoms with Crippen LogP contribution in [0.15, 0.2) is 48.5 Å². The Morgan fingerprint density at radius 3 is 2.15 bits per heavy atom. The van der Waals surface area contributed by atoms with E-state index in [2.05, 4.69) is 20.9 Å². The van der Waals surface area contributed by atoms with Crippen molar-refractivity contribution in [2.24, 2.45) is 0 Å². The highest BCUT2D eigenvalue weighted by Crippen LogP contribution is 2.16. The minimum absolute atomic E-state index is 0.173. The van der Waals surface area contributed by atoms with Gasteiger partial charge in [0, 0.05) is 30.0 Å². The van der Waals surface area contributed by atoms with Gasteiger partial charge >= 0.3 is 0 Å². The van der Waals surface area contributed by atoms with Crippen LogP contribution in [0.25, 0.3) is 0 Å². The van der Waals surface area contributed by atoms with Gasteiger partial charge in [-0.25, -0.2) is 0 Å². The van der Waals surface area contributed by atoms with E-state index in [0.29, 0.717) is 16.4 Å². The molecule has 7 heteroatoms. The normalized spacial score (nSPS) is 10.3. The molecule has 0 aliphatic carbocycles. The summed E-state index contributed by atoms with van der Waals surface area (Å²) >= 11 is 5.25. The van der Waals surface area contributed by atoms with Crippen LogP contribution in [-0.2, 0) is 0 Å². The average molecular weight is 372 g/mol. The summed E-state index contributed by atoms with van der Waals surface area (Å²) in [5, 5.41) is 9.64. The van der Waals surface area contributed by atoms with E-state index in [1.165, 1.54) is 0 Å². The number of rotatable bonds is 7. The molecular weight excluding hydrogens is 348 g/mol. The largest absolute Gasteiger partial charge is 0.497 e. The van der Waals surface area contributed by atoms with E-state index >= 15 is 0 Å². The fourth-order valence-corrected chi connectivity index (χ4v) is 2.37. The summed E-state index contributed by atoms with van der Waals surface area (Å²) in [6, 6.07) is 14.3. The highest BCUT2D eigenvalue weighted by atomic mass is 32.1. The summed E-state index contributed by atoms with van der Waals surface area (Å²) in [5.41, 5.74) is 2.11. The van der Waals surface area contributed by atoms with Gasteiger partial charge in [0.05, 0.1) is 7.11 Å². The summed E-state index contributed by atoms with van der Waals surface area (Å²) in [6.45, 7) is 1.66. The second-order valence-electron chi connectivity index (χ2n) is 5.94. The van der Waals surface area contributed by atoms with Gasteiger partial charge in [-0.15, -0.1) is 0 Å². The molecule has 0 fully saturated rings. The minimum Gasteiger partial charge on any atom is -0.497 e. The quantitative estimate of drug-likeness (QED) is 0.650. The van der Waals surface area contributed by atoms with Crippen LogP contribution in [0.5, 0.6) is 5.75 Å². The molecular formula is C19H24N4O2S. The molecule has 6 nitrogen and oxygen atoms in total. The van der Waals surface area contributed by atoms with Crippen LogP contribution >= 0.6 is 12.2 Å². The number of hydrogen-bond acceptors (Lipinski definition) is 4. The zero-order valence-electron chi connectivity index (χ0n) is 15.2. The Kier molecular flexibility index (Phi) is 7.37. The number of amides is 1. The van der Waals surface area contributed by atoms with Crippen molar-refractivity contribution in [1.82, 2.24) is 10.2 Å². The second-order valence-corrected chi connectivity index (χ2v) is 6.35. The Morgan fingerprint density at radius 1 is 1.00 bits per heavy atom. The average Bonchev–Trinajstić information content (AvgIpc) is 2.62. The van der Waals surface area contributed by atoms with Crippen LogP contribution in [0.1, 0.15) is 10.4 Å². The number of nitrogens with one attached hydrogen (secondary N) is 3. The molecule has 0 aromatic heterocycles.